The highest BCUT2D eigenvalue weighted by atomic mass is 16.6. The topological polar surface area (TPSA) is 63.3 Å². The van der Waals surface area contributed by atoms with Crippen LogP contribution in [0.15, 0.2) is 24.3 Å². The third kappa shape index (κ3) is 41.2. The number of carbonyl (C=O) groups excluding carboxylic acids is 2. The molecule has 0 heterocycles. The summed E-state index contributed by atoms with van der Waals surface area (Å²) >= 11 is 0. The molecule has 0 aromatic rings. The van der Waals surface area contributed by atoms with Crippen LogP contribution in [0.5, 0.6) is 0 Å². The molecule has 0 aromatic heterocycles. The first-order chi connectivity index (χ1) is 25.6. The summed E-state index contributed by atoms with van der Waals surface area (Å²) < 4.78 is 5.28. The van der Waals surface area contributed by atoms with E-state index in [0.29, 0.717) is 12.8 Å². The summed E-state index contributed by atoms with van der Waals surface area (Å²) in [6.07, 6.45) is 56.2. The highest BCUT2D eigenvalue weighted by Crippen LogP contribution is 2.16. The normalized spacial score (nSPS) is 12.3. The second kappa shape index (κ2) is 43.8. The second-order valence-electron chi connectivity index (χ2n) is 15.9. The van der Waals surface area contributed by atoms with Gasteiger partial charge in [0.25, 0.3) is 0 Å². The minimum absolute atomic E-state index is 0.304. The van der Waals surface area contributed by atoms with Crippen LogP contribution in [0.3, 0.4) is 0 Å². The summed E-state index contributed by atoms with van der Waals surface area (Å²) in [6, 6.07) is 0. The Morgan fingerprint density at radius 1 is 0.385 bits per heavy atom. The van der Waals surface area contributed by atoms with Crippen LogP contribution in [0, 0.1) is 0 Å². The van der Waals surface area contributed by atoms with Gasteiger partial charge in [0, 0.05) is 6.42 Å². The predicted octanol–water partition coefficient (Wildman–Crippen LogP) is 16.2. The van der Waals surface area contributed by atoms with Crippen molar-refractivity contribution in [2.45, 2.75) is 270 Å². The number of ether oxygens (including phenoxy) is 1. The second-order valence-corrected chi connectivity index (χ2v) is 15.9. The monoisotopic (exact) mass is 730 g/mol. The van der Waals surface area contributed by atoms with Crippen LogP contribution in [0.2, 0.25) is 0 Å². The molecule has 305 valence electrons. The van der Waals surface area contributed by atoms with Gasteiger partial charge in [-0.3, -0.25) is 4.79 Å². The molecule has 0 fully saturated rings. The van der Waals surface area contributed by atoms with Gasteiger partial charge in [-0.05, 0) is 70.6 Å². The van der Waals surface area contributed by atoms with Gasteiger partial charge in [0.1, 0.15) is 0 Å². The lowest BCUT2D eigenvalue weighted by molar-refractivity contribution is -0.168. The van der Waals surface area contributed by atoms with Crippen molar-refractivity contribution >= 4 is 11.9 Å². The number of unbranched alkanes of at least 4 members (excludes halogenated alkanes) is 33. The summed E-state index contributed by atoms with van der Waals surface area (Å²) in [4.78, 5) is 23.8. The maximum atomic E-state index is 12.2. The Morgan fingerprint density at radius 3 is 0.962 bits per heavy atom. The lowest BCUT2D eigenvalue weighted by Gasteiger charge is -2.12. The minimum atomic E-state index is -1.26. The number of hydrogen-bond donors (Lipinski definition) is 0. The van der Waals surface area contributed by atoms with Crippen molar-refractivity contribution in [2.24, 2.45) is 0 Å². The van der Waals surface area contributed by atoms with Crippen LogP contribution in [0.25, 0.3) is 0 Å². The molecule has 1 unspecified atom stereocenters. The fraction of sp³-hybridized carbons (Fsp3) is 0.875. The molecule has 0 aliphatic carbocycles. The summed E-state index contributed by atoms with van der Waals surface area (Å²) in [5, 5.41) is 11.5. The molecule has 0 saturated carbocycles. The van der Waals surface area contributed by atoms with E-state index < -0.39 is 12.1 Å². The molecule has 0 spiro atoms. The zero-order valence-corrected chi connectivity index (χ0v) is 35.1. The fourth-order valence-corrected chi connectivity index (χ4v) is 7.13. The van der Waals surface area contributed by atoms with Gasteiger partial charge in [0.2, 0.25) is 6.10 Å². The first-order valence-electron chi connectivity index (χ1n) is 23.3. The van der Waals surface area contributed by atoms with Gasteiger partial charge in [-0.25, -0.2) is 9.90 Å². The van der Waals surface area contributed by atoms with Crippen molar-refractivity contribution in [3.63, 3.8) is 0 Å². The van der Waals surface area contributed by atoms with Crippen LogP contribution in [0.4, 0.5) is 0 Å². The molecular formula is C48H89O4. The van der Waals surface area contributed by atoms with Crippen LogP contribution >= 0.6 is 0 Å². The van der Waals surface area contributed by atoms with E-state index >= 15 is 0 Å². The van der Waals surface area contributed by atoms with Crippen LogP contribution in [-0.2, 0) is 19.4 Å². The first kappa shape index (κ1) is 50.4. The number of carbonyl (C=O) groups is 2. The molecule has 52 heavy (non-hydrogen) atoms. The maximum Gasteiger partial charge on any atom is 0.395 e. The Labute approximate surface area is 325 Å². The Morgan fingerprint density at radius 2 is 0.654 bits per heavy atom. The quantitative estimate of drug-likeness (QED) is 0.0356. The standard InChI is InChI=1S/C48H89O4/c1-3-5-7-9-11-13-15-17-19-21-23-25-27-29-31-33-35-37-39-41-43-45-47(49)52-46(48(50)51)44-42-40-38-36-34-32-30-28-26-24-22-20-18-16-14-12-10-8-6-4-2/h18,20,29,31,46H,3-17,19,21-28,30,32-45H2,1-2H3/b20-18-,31-29?. The molecule has 0 bridgehead atoms. The Balaban J connectivity index is 3.51. The highest BCUT2D eigenvalue weighted by molar-refractivity contribution is 5.77. The Bertz CT molecular complexity index is 787. The number of esters is 1. The van der Waals surface area contributed by atoms with Crippen molar-refractivity contribution < 1.29 is 19.4 Å². The van der Waals surface area contributed by atoms with Crippen LogP contribution in [-0.4, -0.2) is 18.0 Å². The Kier molecular flexibility index (Phi) is 42.5. The van der Waals surface area contributed by atoms with Gasteiger partial charge in [-0.15, -0.1) is 0 Å². The fourth-order valence-electron chi connectivity index (χ4n) is 7.13. The molecule has 0 aliphatic heterocycles. The van der Waals surface area contributed by atoms with E-state index in [0.717, 1.165) is 44.9 Å². The molecule has 0 amide bonds. The first-order valence-corrected chi connectivity index (χ1v) is 23.3. The Hall–Kier alpha value is -1.58. The average Bonchev–Trinajstić information content (AvgIpc) is 3.14. The van der Waals surface area contributed by atoms with E-state index in [1.807, 2.05) is 0 Å². The summed E-state index contributed by atoms with van der Waals surface area (Å²) in [5.41, 5.74) is 0. The van der Waals surface area contributed by atoms with Crippen molar-refractivity contribution in [3.05, 3.63) is 24.3 Å². The highest BCUT2D eigenvalue weighted by Gasteiger charge is 2.23. The molecule has 0 N–H and O–H groups in total. The molecule has 0 saturated heterocycles. The largest absolute Gasteiger partial charge is 0.450 e. The number of allylic oxidation sites excluding steroid dienone is 4. The zero-order chi connectivity index (χ0) is 37.8. The molecule has 1 radical (unpaired) electrons. The van der Waals surface area contributed by atoms with E-state index in [1.165, 1.54) is 193 Å². The molecule has 0 aromatic carbocycles. The molecule has 0 rings (SSSR count). The third-order valence-electron chi connectivity index (χ3n) is 10.7. The van der Waals surface area contributed by atoms with E-state index in [4.69, 9.17) is 4.74 Å². The van der Waals surface area contributed by atoms with Gasteiger partial charge in [-0.2, -0.15) is 0 Å². The maximum absolute atomic E-state index is 12.2. The van der Waals surface area contributed by atoms with Crippen LogP contribution < -0.4 is 0 Å². The predicted molar refractivity (Wildman–Crippen MR) is 225 cm³/mol. The summed E-state index contributed by atoms with van der Waals surface area (Å²) in [6.45, 7) is 4.56. The minimum Gasteiger partial charge on any atom is -0.450 e. The molecule has 1 atom stereocenters. The zero-order valence-electron chi connectivity index (χ0n) is 35.1. The summed E-state index contributed by atoms with van der Waals surface area (Å²) in [7, 11) is 0. The summed E-state index contributed by atoms with van der Waals surface area (Å²) in [5.74, 6) is -1.65. The van der Waals surface area contributed by atoms with Gasteiger partial charge in [0.05, 0.1) is 0 Å². The number of rotatable bonds is 43. The smallest absolute Gasteiger partial charge is 0.395 e. The lowest BCUT2D eigenvalue weighted by atomic mass is 10.0. The lowest BCUT2D eigenvalue weighted by Crippen LogP contribution is -2.26. The van der Waals surface area contributed by atoms with Crippen molar-refractivity contribution in [3.8, 4) is 0 Å². The molecular weight excluding hydrogens is 641 g/mol. The van der Waals surface area contributed by atoms with E-state index in [2.05, 4.69) is 38.2 Å². The number of hydrogen-bond acceptors (Lipinski definition) is 3. The van der Waals surface area contributed by atoms with E-state index in [-0.39, 0.29) is 5.97 Å². The van der Waals surface area contributed by atoms with E-state index in [1.54, 1.807) is 0 Å². The van der Waals surface area contributed by atoms with Gasteiger partial charge in [0.15, 0.2) is 0 Å². The molecule has 0 aliphatic rings. The van der Waals surface area contributed by atoms with Crippen molar-refractivity contribution in [1.29, 1.82) is 0 Å². The average molecular weight is 730 g/mol. The van der Waals surface area contributed by atoms with Gasteiger partial charge >= 0.3 is 11.9 Å². The van der Waals surface area contributed by atoms with Crippen molar-refractivity contribution in [1.82, 2.24) is 0 Å². The van der Waals surface area contributed by atoms with Crippen molar-refractivity contribution in [2.75, 3.05) is 0 Å². The molecule has 4 nitrogen and oxygen atoms in total. The van der Waals surface area contributed by atoms with E-state index in [9.17, 15) is 14.7 Å². The molecule has 4 heteroatoms. The van der Waals surface area contributed by atoms with Gasteiger partial charge in [-0.1, -0.05) is 212 Å². The third-order valence-corrected chi connectivity index (χ3v) is 10.7. The SMILES string of the molecule is CCCCCCCC/C=C\CCCCCCCCCCCCC(OC(=O)CCCCCCCC=CCCCCCCCCCCCCCC)C([O])=O. The van der Waals surface area contributed by atoms with Gasteiger partial charge < -0.3 is 4.74 Å². The van der Waals surface area contributed by atoms with Crippen LogP contribution in [0.1, 0.15) is 264 Å².